The maximum Gasteiger partial charge on any atom is 0.254 e. The zero-order valence-electron chi connectivity index (χ0n) is 11.5. The SMILES string of the molecule is Cc1ccc(C(=O)N2CCC[C@H](C)[C@H]2CN)cc1F. The Bertz CT molecular complexity index is 475. The van der Waals surface area contributed by atoms with E-state index in [2.05, 4.69) is 6.92 Å². The first kappa shape index (κ1) is 14.0. The molecule has 1 saturated heterocycles. The lowest BCUT2D eigenvalue weighted by molar-refractivity contribution is 0.0532. The van der Waals surface area contributed by atoms with Crippen LogP contribution in [0.25, 0.3) is 0 Å². The van der Waals surface area contributed by atoms with Crippen LogP contribution in [0, 0.1) is 18.7 Å². The number of hydrogen-bond donors (Lipinski definition) is 1. The van der Waals surface area contributed by atoms with Crippen molar-refractivity contribution in [3.63, 3.8) is 0 Å². The lowest BCUT2D eigenvalue weighted by Crippen LogP contribution is -2.51. The number of likely N-dealkylation sites (tertiary alicyclic amines) is 1. The minimum atomic E-state index is -0.333. The lowest BCUT2D eigenvalue weighted by Gasteiger charge is -2.39. The average Bonchev–Trinajstić information content (AvgIpc) is 2.40. The second-order valence-electron chi connectivity index (χ2n) is 5.39. The third-order valence-electron chi connectivity index (χ3n) is 4.04. The molecule has 2 rings (SSSR count). The number of carbonyl (C=O) groups is 1. The van der Waals surface area contributed by atoms with Crippen molar-refractivity contribution < 1.29 is 9.18 Å². The van der Waals surface area contributed by atoms with Crippen molar-refractivity contribution in [1.29, 1.82) is 0 Å². The van der Waals surface area contributed by atoms with Gasteiger partial charge in [-0.25, -0.2) is 4.39 Å². The van der Waals surface area contributed by atoms with E-state index in [0.29, 0.717) is 30.1 Å². The van der Waals surface area contributed by atoms with Crippen LogP contribution in [0.1, 0.15) is 35.7 Å². The van der Waals surface area contributed by atoms with Gasteiger partial charge in [0, 0.05) is 24.7 Å². The van der Waals surface area contributed by atoms with Gasteiger partial charge in [-0.1, -0.05) is 13.0 Å². The second kappa shape index (κ2) is 5.70. The third kappa shape index (κ3) is 2.78. The molecule has 2 N–H and O–H groups in total. The van der Waals surface area contributed by atoms with Crippen molar-refractivity contribution in [2.24, 2.45) is 11.7 Å². The van der Waals surface area contributed by atoms with Gasteiger partial charge >= 0.3 is 0 Å². The van der Waals surface area contributed by atoms with Crippen LogP contribution in [0.2, 0.25) is 0 Å². The van der Waals surface area contributed by atoms with Crippen LogP contribution in [-0.2, 0) is 0 Å². The Morgan fingerprint density at radius 2 is 2.26 bits per heavy atom. The smallest absolute Gasteiger partial charge is 0.254 e. The monoisotopic (exact) mass is 264 g/mol. The minimum absolute atomic E-state index is 0.0608. The third-order valence-corrected chi connectivity index (χ3v) is 4.04. The largest absolute Gasteiger partial charge is 0.334 e. The molecule has 0 bridgehead atoms. The van der Waals surface area contributed by atoms with Gasteiger partial charge in [-0.2, -0.15) is 0 Å². The van der Waals surface area contributed by atoms with Gasteiger partial charge in [-0.05, 0) is 43.4 Å². The van der Waals surface area contributed by atoms with Crippen LogP contribution >= 0.6 is 0 Å². The molecular formula is C15H21FN2O. The predicted octanol–water partition coefficient (Wildman–Crippen LogP) is 2.33. The zero-order valence-corrected chi connectivity index (χ0v) is 11.5. The fourth-order valence-electron chi connectivity index (χ4n) is 2.75. The van der Waals surface area contributed by atoms with E-state index in [-0.39, 0.29) is 17.8 Å². The van der Waals surface area contributed by atoms with E-state index < -0.39 is 0 Å². The molecule has 4 heteroatoms. The molecule has 1 heterocycles. The van der Waals surface area contributed by atoms with Crippen molar-refractivity contribution in [3.8, 4) is 0 Å². The fourth-order valence-corrected chi connectivity index (χ4v) is 2.75. The molecule has 2 atom stereocenters. The molecule has 1 aliphatic heterocycles. The van der Waals surface area contributed by atoms with Gasteiger partial charge < -0.3 is 10.6 Å². The predicted molar refractivity (Wildman–Crippen MR) is 73.4 cm³/mol. The zero-order chi connectivity index (χ0) is 14.0. The van der Waals surface area contributed by atoms with E-state index in [1.807, 2.05) is 0 Å². The van der Waals surface area contributed by atoms with E-state index in [4.69, 9.17) is 5.73 Å². The molecule has 0 radical (unpaired) electrons. The maximum absolute atomic E-state index is 13.6. The van der Waals surface area contributed by atoms with Gasteiger partial charge in [0.05, 0.1) is 0 Å². The number of carbonyl (C=O) groups excluding carboxylic acids is 1. The van der Waals surface area contributed by atoms with Crippen LogP contribution in [0.15, 0.2) is 18.2 Å². The summed E-state index contributed by atoms with van der Waals surface area (Å²) in [5.41, 5.74) is 6.75. The molecule has 0 spiro atoms. The Balaban J connectivity index is 2.24. The highest BCUT2D eigenvalue weighted by Gasteiger charge is 2.31. The van der Waals surface area contributed by atoms with Gasteiger partial charge in [0.2, 0.25) is 0 Å². The Hall–Kier alpha value is -1.42. The molecule has 1 amide bonds. The summed E-state index contributed by atoms with van der Waals surface area (Å²) in [6.45, 7) is 4.98. The molecule has 19 heavy (non-hydrogen) atoms. The molecule has 0 saturated carbocycles. The van der Waals surface area contributed by atoms with E-state index in [1.54, 1.807) is 24.0 Å². The average molecular weight is 264 g/mol. The van der Waals surface area contributed by atoms with E-state index in [9.17, 15) is 9.18 Å². The lowest BCUT2D eigenvalue weighted by atomic mass is 9.90. The van der Waals surface area contributed by atoms with Crippen molar-refractivity contribution in [1.82, 2.24) is 4.90 Å². The topological polar surface area (TPSA) is 46.3 Å². The first-order chi connectivity index (χ1) is 9.04. The summed E-state index contributed by atoms with van der Waals surface area (Å²) in [4.78, 5) is 14.3. The molecule has 1 aliphatic rings. The Morgan fingerprint density at radius 3 is 2.89 bits per heavy atom. The molecule has 1 aromatic carbocycles. The number of aryl methyl sites for hydroxylation is 1. The molecule has 0 aromatic heterocycles. The van der Waals surface area contributed by atoms with E-state index >= 15 is 0 Å². The number of amides is 1. The highest BCUT2D eigenvalue weighted by molar-refractivity contribution is 5.94. The van der Waals surface area contributed by atoms with Crippen molar-refractivity contribution >= 4 is 5.91 Å². The standard InChI is InChI=1S/C15H21FN2O/c1-10-5-6-12(8-13(10)16)15(19)18-7-3-4-11(2)14(18)9-17/h5-6,8,11,14H,3-4,7,9,17H2,1-2H3/t11-,14+/m0/s1. The number of nitrogens with two attached hydrogens (primary N) is 1. The summed E-state index contributed by atoms with van der Waals surface area (Å²) < 4.78 is 13.6. The maximum atomic E-state index is 13.6. The van der Waals surface area contributed by atoms with Crippen LogP contribution in [0.4, 0.5) is 4.39 Å². The van der Waals surface area contributed by atoms with Crippen LogP contribution in [0.5, 0.6) is 0 Å². The van der Waals surface area contributed by atoms with Gasteiger partial charge in [0.25, 0.3) is 5.91 Å². The van der Waals surface area contributed by atoms with Crippen LogP contribution < -0.4 is 5.73 Å². The van der Waals surface area contributed by atoms with Crippen molar-refractivity contribution in [3.05, 3.63) is 35.1 Å². The first-order valence-electron chi connectivity index (χ1n) is 6.81. The second-order valence-corrected chi connectivity index (χ2v) is 5.39. The summed E-state index contributed by atoms with van der Waals surface area (Å²) in [5.74, 6) is -0.0425. The highest BCUT2D eigenvalue weighted by Crippen LogP contribution is 2.24. The molecule has 3 nitrogen and oxygen atoms in total. The van der Waals surface area contributed by atoms with Crippen molar-refractivity contribution in [2.45, 2.75) is 32.7 Å². The van der Waals surface area contributed by atoms with Crippen LogP contribution in [0.3, 0.4) is 0 Å². The van der Waals surface area contributed by atoms with E-state index in [1.165, 1.54) is 6.07 Å². The van der Waals surface area contributed by atoms with Gasteiger partial charge in [0.15, 0.2) is 0 Å². The molecule has 0 aliphatic carbocycles. The summed E-state index contributed by atoms with van der Waals surface area (Å²) in [6, 6.07) is 4.72. The Morgan fingerprint density at radius 1 is 1.53 bits per heavy atom. The molecule has 0 unspecified atom stereocenters. The molecule has 104 valence electrons. The number of hydrogen-bond acceptors (Lipinski definition) is 2. The number of benzene rings is 1. The fraction of sp³-hybridized carbons (Fsp3) is 0.533. The number of piperidine rings is 1. The quantitative estimate of drug-likeness (QED) is 0.891. The number of nitrogens with zero attached hydrogens (tertiary/aromatic N) is 1. The Labute approximate surface area is 113 Å². The van der Waals surface area contributed by atoms with E-state index in [0.717, 1.165) is 12.8 Å². The number of rotatable bonds is 2. The molecule has 1 fully saturated rings. The van der Waals surface area contributed by atoms with Crippen molar-refractivity contribution in [2.75, 3.05) is 13.1 Å². The van der Waals surface area contributed by atoms with Gasteiger partial charge in [0.1, 0.15) is 5.82 Å². The molecular weight excluding hydrogens is 243 g/mol. The number of halogens is 1. The summed E-state index contributed by atoms with van der Waals surface area (Å²) in [6.07, 6.45) is 2.08. The Kier molecular flexibility index (Phi) is 4.20. The minimum Gasteiger partial charge on any atom is -0.334 e. The van der Waals surface area contributed by atoms with Gasteiger partial charge in [-0.3, -0.25) is 4.79 Å². The summed E-state index contributed by atoms with van der Waals surface area (Å²) in [7, 11) is 0. The normalized spacial score (nSPS) is 23.5. The first-order valence-corrected chi connectivity index (χ1v) is 6.81. The highest BCUT2D eigenvalue weighted by atomic mass is 19.1. The van der Waals surface area contributed by atoms with Gasteiger partial charge in [-0.15, -0.1) is 0 Å². The van der Waals surface area contributed by atoms with Crippen LogP contribution in [-0.4, -0.2) is 29.9 Å². The summed E-state index contributed by atoms with van der Waals surface area (Å²) >= 11 is 0. The molecule has 1 aromatic rings. The summed E-state index contributed by atoms with van der Waals surface area (Å²) in [5, 5.41) is 0.